The van der Waals surface area contributed by atoms with Gasteiger partial charge in [-0.05, 0) is 67.5 Å². The number of nitrogens with zero attached hydrogens (tertiary/aromatic N) is 1. The van der Waals surface area contributed by atoms with E-state index >= 15 is 0 Å². The summed E-state index contributed by atoms with van der Waals surface area (Å²) in [7, 11) is 0. The van der Waals surface area contributed by atoms with Crippen molar-refractivity contribution in [2.24, 2.45) is 5.73 Å². The van der Waals surface area contributed by atoms with E-state index < -0.39 is 6.04 Å². The standard InChI is InChI=1S/C26H28ClN5O.2ClH/c27-17-9-10-20-24(14-17)32-23-8-4-2-6-19(23)25(20)29-11-12-30-26(33)21(28)13-16-15-31-22-7-3-1-5-18(16)22;;/h1,3,5,7,9-10,14-15,21,31H,2,4,6,8,11-13,28H2,(H,29,32)(H,30,33);2*1H/t21-;;/m0../s1. The van der Waals surface area contributed by atoms with E-state index in [2.05, 4.69) is 15.6 Å². The molecule has 5 rings (SSSR count). The highest BCUT2D eigenvalue weighted by Gasteiger charge is 2.19. The molecule has 0 saturated heterocycles. The second-order valence-electron chi connectivity index (χ2n) is 8.67. The molecule has 1 amide bonds. The zero-order valence-corrected chi connectivity index (χ0v) is 21.7. The van der Waals surface area contributed by atoms with Crippen molar-refractivity contribution in [1.82, 2.24) is 15.3 Å². The Labute approximate surface area is 222 Å². The molecule has 35 heavy (non-hydrogen) atoms. The van der Waals surface area contributed by atoms with E-state index in [1.165, 1.54) is 12.0 Å². The first kappa shape index (κ1) is 27.1. The number of H-pyrrole nitrogens is 1. The van der Waals surface area contributed by atoms with Crippen molar-refractivity contribution in [3.05, 3.63) is 70.5 Å². The minimum absolute atomic E-state index is 0. The van der Waals surface area contributed by atoms with E-state index in [1.54, 1.807) is 0 Å². The van der Waals surface area contributed by atoms with Gasteiger partial charge in [0.1, 0.15) is 0 Å². The molecule has 2 heterocycles. The Bertz CT molecular complexity index is 1320. The summed E-state index contributed by atoms with van der Waals surface area (Å²) >= 11 is 6.21. The Morgan fingerprint density at radius 3 is 2.74 bits per heavy atom. The van der Waals surface area contributed by atoms with Crippen LogP contribution in [0.1, 0.15) is 29.7 Å². The number of nitrogens with one attached hydrogen (secondary N) is 3. The van der Waals surface area contributed by atoms with Crippen molar-refractivity contribution in [3.63, 3.8) is 0 Å². The zero-order valence-electron chi connectivity index (χ0n) is 19.3. The molecule has 0 unspecified atom stereocenters. The number of carbonyl (C=O) groups excluding carboxylic acids is 1. The fraction of sp³-hybridized carbons (Fsp3) is 0.308. The number of hydrogen-bond donors (Lipinski definition) is 4. The van der Waals surface area contributed by atoms with Crippen LogP contribution in [0.4, 0.5) is 5.69 Å². The summed E-state index contributed by atoms with van der Waals surface area (Å²) in [6.07, 6.45) is 6.77. The molecule has 2 aromatic heterocycles. The smallest absolute Gasteiger partial charge is 0.237 e. The third kappa shape index (κ3) is 5.84. The Balaban J connectivity index is 0.00000171. The van der Waals surface area contributed by atoms with E-state index in [1.807, 2.05) is 48.7 Å². The number of anilines is 1. The van der Waals surface area contributed by atoms with Crippen LogP contribution in [0.15, 0.2) is 48.7 Å². The van der Waals surface area contributed by atoms with Crippen LogP contribution in [-0.2, 0) is 24.1 Å². The Morgan fingerprint density at radius 2 is 1.89 bits per heavy atom. The third-order valence-electron chi connectivity index (χ3n) is 6.40. The van der Waals surface area contributed by atoms with Gasteiger partial charge in [0.25, 0.3) is 0 Å². The lowest BCUT2D eigenvalue weighted by molar-refractivity contribution is -0.122. The molecule has 0 saturated carbocycles. The number of para-hydroxylation sites is 1. The van der Waals surface area contributed by atoms with Gasteiger partial charge in [0.2, 0.25) is 5.91 Å². The van der Waals surface area contributed by atoms with Crippen molar-refractivity contribution in [1.29, 1.82) is 0 Å². The molecule has 0 radical (unpaired) electrons. The summed E-state index contributed by atoms with van der Waals surface area (Å²) in [6, 6.07) is 13.3. The fourth-order valence-corrected chi connectivity index (χ4v) is 4.90. The van der Waals surface area contributed by atoms with Crippen LogP contribution in [0, 0.1) is 0 Å². The van der Waals surface area contributed by atoms with Crippen LogP contribution in [0.3, 0.4) is 0 Å². The SMILES string of the molecule is Cl.Cl.N[C@@H](Cc1c[nH]c2ccccc12)C(=O)NCCNc1c2c(nc3cc(Cl)ccc13)CCCC2. The predicted molar refractivity (Wildman–Crippen MR) is 149 cm³/mol. The van der Waals surface area contributed by atoms with Crippen LogP contribution in [0.5, 0.6) is 0 Å². The second-order valence-corrected chi connectivity index (χ2v) is 9.10. The molecule has 0 spiro atoms. The van der Waals surface area contributed by atoms with Gasteiger partial charge in [-0.3, -0.25) is 9.78 Å². The number of benzene rings is 2. The van der Waals surface area contributed by atoms with Gasteiger partial charge in [0.15, 0.2) is 0 Å². The first-order chi connectivity index (χ1) is 16.1. The largest absolute Gasteiger partial charge is 0.382 e. The quantitative estimate of drug-likeness (QED) is 0.245. The van der Waals surface area contributed by atoms with E-state index in [0.29, 0.717) is 24.5 Å². The molecule has 0 fully saturated rings. The number of amides is 1. The number of rotatable bonds is 7. The summed E-state index contributed by atoms with van der Waals surface area (Å²) in [5, 5.41) is 9.40. The van der Waals surface area contributed by atoms with Crippen LogP contribution in [-0.4, -0.2) is 35.0 Å². The highest BCUT2D eigenvalue weighted by Crippen LogP contribution is 2.34. The molecule has 0 bridgehead atoms. The molecule has 9 heteroatoms. The molecular weight excluding hydrogens is 505 g/mol. The average molecular weight is 535 g/mol. The molecule has 1 aliphatic carbocycles. The summed E-state index contributed by atoms with van der Waals surface area (Å²) in [5.74, 6) is -0.143. The molecule has 4 aromatic rings. The fourth-order valence-electron chi connectivity index (χ4n) is 4.74. The van der Waals surface area contributed by atoms with Crippen LogP contribution >= 0.6 is 36.4 Å². The van der Waals surface area contributed by atoms with E-state index in [4.69, 9.17) is 22.3 Å². The second kappa shape index (κ2) is 12.0. The highest BCUT2D eigenvalue weighted by molar-refractivity contribution is 6.31. The number of aryl methyl sites for hydroxylation is 1. The Hall–Kier alpha value is -2.51. The van der Waals surface area contributed by atoms with Crippen LogP contribution in [0.2, 0.25) is 5.02 Å². The van der Waals surface area contributed by atoms with Crippen LogP contribution in [0.25, 0.3) is 21.8 Å². The normalized spacial score (nSPS) is 13.4. The molecule has 0 aliphatic heterocycles. The van der Waals surface area contributed by atoms with Gasteiger partial charge in [-0.15, -0.1) is 24.8 Å². The van der Waals surface area contributed by atoms with Crippen molar-refractivity contribution >= 4 is 69.8 Å². The Morgan fingerprint density at radius 1 is 1.09 bits per heavy atom. The summed E-state index contributed by atoms with van der Waals surface area (Å²) in [6.45, 7) is 1.10. The van der Waals surface area contributed by atoms with E-state index in [9.17, 15) is 4.79 Å². The number of nitrogens with two attached hydrogens (primary N) is 1. The van der Waals surface area contributed by atoms with Gasteiger partial charge in [0, 0.05) is 52.0 Å². The zero-order chi connectivity index (χ0) is 22.8. The van der Waals surface area contributed by atoms with E-state index in [-0.39, 0.29) is 30.7 Å². The first-order valence-corrected chi connectivity index (χ1v) is 11.9. The minimum atomic E-state index is -0.596. The minimum Gasteiger partial charge on any atom is -0.382 e. The molecule has 2 aromatic carbocycles. The van der Waals surface area contributed by atoms with Crippen molar-refractivity contribution in [2.75, 3.05) is 18.4 Å². The number of hydrogen-bond acceptors (Lipinski definition) is 4. The number of halogens is 3. The number of aromatic nitrogens is 2. The van der Waals surface area contributed by atoms with Crippen molar-refractivity contribution in [3.8, 4) is 0 Å². The summed E-state index contributed by atoms with van der Waals surface area (Å²) < 4.78 is 0. The molecule has 5 N–H and O–H groups in total. The van der Waals surface area contributed by atoms with Gasteiger partial charge in [-0.25, -0.2) is 0 Å². The lowest BCUT2D eigenvalue weighted by Gasteiger charge is -2.22. The summed E-state index contributed by atoms with van der Waals surface area (Å²) in [5.41, 5.74) is 12.8. The van der Waals surface area contributed by atoms with E-state index in [0.717, 1.165) is 58.0 Å². The molecule has 6 nitrogen and oxygen atoms in total. The molecular formula is C26H30Cl3N5O. The van der Waals surface area contributed by atoms with Gasteiger partial charge >= 0.3 is 0 Å². The van der Waals surface area contributed by atoms with Crippen molar-refractivity contribution < 1.29 is 4.79 Å². The molecule has 1 aliphatic rings. The average Bonchev–Trinajstić information content (AvgIpc) is 3.23. The number of carbonyl (C=O) groups is 1. The van der Waals surface area contributed by atoms with Gasteiger partial charge < -0.3 is 21.4 Å². The summed E-state index contributed by atoms with van der Waals surface area (Å²) in [4.78, 5) is 20.7. The van der Waals surface area contributed by atoms with Crippen molar-refractivity contribution in [2.45, 2.75) is 38.1 Å². The predicted octanol–water partition coefficient (Wildman–Crippen LogP) is 5.19. The van der Waals surface area contributed by atoms with Crippen LogP contribution < -0.4 is 16.4 Å². The maximum atomic E-state index is 12.6. The maximum Gasteiger partial charge on any atom is 0.237 e. The van der Waals surface area contributed by atoms with Gasteiger partial charge in [-0.1, -0.05) is 29.8 Å². The Kier molecular flexibility index (Phi) is 9.25. The van der Waals surface area contributed by atoms with Gasteiger partial charge in [-0.2, -0.15) is 0 Å². The maximum absolute atomic E-state index is 12.6. The molecule has 186 valence electrons. The van der Waals surface area contributed by atoms with Gasteiger partial charge in [0.05, 0.1) is 11.6 Å². The lowest BCUT2D eigenvalue weighted by atomic mass is 9.92. The number of pyridine rings is 1. The highest BCUT2D eigenvalue weighted by atomic mass is 35.5. The lowest BCUT2D eigenvalue weighted by Crippen LogP contribution is -2.43. The monoisotopic (exact) mass is 533 g/mol. The molecule has 1 atom stereocenters. The first-order valence-electron chi connectivity index (χ1n) is 11.5. The number of fused-ring (bicyclic) bond motifs is 3. The number of aromatic amines is 1. The topological polar surface area (TPSA) is 95.8 Å². The third-order valence-corrected chi connectivity index (χ3v) is 6.64.